The zero-order valence-corrected chi connectivity index (χ0v) is 12.5. The molecule has 0 aromatic rings. The van der Waals surface area contributed by atoms with Gasteiger partial charge < -0.3 is 15.4 Å². The Bertz CT molecular complexity index is 317. The second-order valence-electron chi connectivity index (χ2n) is 6.45. The summed E-state index contributed by atoms with van der Waals surface area (Å²) in [5.74, 6) is 0.797. The third-order valence-corrected chi connectivity index (χ3v) is 4.62. The first-order valence-corrected chi connectivity index (χ1v) is 7.69. The van der Waals surface area contributed by atoms with Crippen LogP contribution in [-0.4, -0.2) is 37.7 Å². The average molecular weight is 268 g/mol. The van der Waals surface area contributed by atoms with Crippen LogP contribution in [0.1, 0.15) is 46.5 Å². The van der Waals surface area contributed by atoms with Gasteiger partial charge in [0.15, 0.2) is 0 Å². The third kappa shape index (κ3) is 3.11. The van der Waals surface area contributed by atoms with Crippen molar-refractivity contribution in [2.75, 3.05) is 19.7 Å². The molecule has 4 nitrogen and oxygen atoms in total. The molecule has 3 unspecified atom stereocenters. The molecular formula is C15H28N2O2. The molecule has 0 aromatic carbocycles. The second kappa shape index (κ2) is 6.23. The maximum Gasteiger partial charge on any atom is 0.221 e. The molecule has 19 heavy (non-hydrogen) atoms. The summed E-state index contributed by atoms with van der Waals surface area (Å²) in [4.78, 5) is 11.6. The SMILES string of the molecule is CCCNC(=O)CCNC1C2CCCOC2C1(C)C. The lowest BCUT2D eigenvalue weighted by Gasteiger charge is -2.60. The normalized spacial score (nSPS) is 32.3. The highest BCUT2D eigenvalue weighted by Gasteiger charge is 2.57. The van der Waals surface area contributed by atoms with Gasteiger partial charge in [0.05, 0.1) is 6.10 Å². The van der Waals surface area contributed by atoms with Gasteiger partial charge in [0.2, 0.25) is 5.91 Å². The molecule has 2 N–H and O–H groups in total. The highest BCUT2D eigenvalue weighted by molar-refractivity contribution is 5.75. The van der Waals surface area contributed by atoms with Gasteiger partial charge in [-0.1, -0.05) is 20.8 Å². The van der Waals surface area contributed by atoms with Crippen molar-refractivity contribution in [3.05, 3.63) is 0 Å². The number of amides is 1. The average Bonchev–Trinajstić information content (AvgIpc) is 2.41. The van der Waals surface area contributed by atoms with E-state index in [0.717, 1.165) is 26.1 Å². The minimum absolute atomic E-state index is 0.155. The number of rotatable bonds is 6. The predicted molar refractivity (Wildman–Crippen MR) is 76.0 cm³/mol. The van der Waals surface area contributed by atoms with Crippen molar-refractivity contribution in [2.45, 2.75) is 58.6 Å². The van der Waals surface area contributed by atoms with Gasteiger partial charge in [0, 0.05) is 43.5 Å². The Balaban J connectivity index is 1.72. The van der Waals surface area contributed by atoms with Gasteiger partial charge in [0.25, 0.3) is 0 Å². The molecule has 0 bridgehead atoms. The van der Waals surface area contributed by atoms with Crippen LogP contribution in [0, 0.1) is 11.3 Å². The van der Waals surface area contributed by atoms with Crippen molar-refractivity contribution >= 4 is 5.91 Å². The van der Waals surface area contributed by atoms with Crippen LogP contribution in [0.4, 0.5) is 0 Å². The van der Waals surface area contributed by atoms with Gasteiger partial charge in [-0.2, -0.15) is 0 Å². The van der Waals surface area contributed by atoms with E-state index in [2.05, 4.69) is 31.4 Å². The molecule has 0 radical (unpaired) electrons. The van der Waals surface area contributed by atoms with Crippen LogP contribution in [0.2, 0.25) is 0 Å². The summed E-state index contributed by atoms with van der Waals surface area (Å²) < 4.78 is 5.88. The van der Waals surface area contributed by atoms with Gasteiger partial charge in [-0.25, -0.2) is 0 Å². The number of hydrogen-bond acceptors (Lipinski definition) is 3. The molecule has 1 saturated carbocycles. The van der Waals surface area contributed by atoms with E-state index in [1.807, 2.05) is 0 Å². The third-order valence-electron chi connectivity index (χ3n) is 4.62. The van der Waals surface area contributed by atoms with Crippen LogP contribution >= 0.6 is 0 Å². The van der Waals surface area contributed by atoms with Crippen LogP contribution in [-0.2, 0) is 9.53 Å². The summed E-state index contributed by atoms with van der Waals surface area (Å²) in [5, 5.41) is 6.49. The standard InChI is InChI=1S/C15H28N2O2/c1-4-8-16-12(18)7-9-17-13-11-6-5-10-19-14(11)15(13,2)3/h11,13-14,17H,4-10H2,1-3H3,(H,16,18). The van der Waals surface area contributed by atoms with E-state index in [-0.39, 0.29) is 11.3 Å². The first-order valence-electron chi connectivity index (χ1n) is 7.69. The van der Waals surface area contributed by atoms with Crippen LogP contribution < -0.4 is 10.6 Å². The maximum absolute atomic E-state index is 11.6. The zero-order valence-electron chi connectivity index (χ0n) is 12.5. The molecular weight excluding hydrogens is 240 g/mol. The Morgan fingerprint density at radius 3 is 2.89 bits per heavy atom. The van der Waals surface area contributed by atoms with E-state index < -0.39 is 0 Å². The quantitative estimate of drug-likeness (QED) is 0.771. The molecule has 1 saturated heterocycles. The summed E-state index contributed by atoms with van der Waals surface area (Å²) in [6, 6.07) is 0.497. The first-order chi connectivity index (χ1) is 9.07. The van der Waals surface area contributed by atoms with Crippen molar-refractivity contribution < 1.29 is 9.53 Å². The largest absolute Gasteiger partial charge is 0.377 e. The number of ether oxygens (including phenoxy) is 1. The lowest BCUT2D eigenvalue weighted by molar-refractivity contribution is -0.192. The molecule has 1 aliphatic carbocycles. The molecule has 0 aromatic heterocycles. The highest BCUT2D eigenvalue weighted by Crippen LogP contribution is 2.51. The molecule has 4 heteroatoms. The molecule has 1 heterocycles. The molecule has 1 amide bonds. The van der Waals surface area contributed by atoms with Crippen molar-refractivity contribution in [3.8, 4) is 0 Å². The van der Waals surface area contributed by atoms with Crippen LogP contribution in [0.25, 0.3) is 0 Å². The van der Waals surface area contributed by atoms with Crippen molar-refractivity contribution in [1.29, 1.82) is 0 Å². The Hall–Kier alpha value is -0.610. The first kappa shape index (κ1) is 14.8. The van der Waals surface area contributed by atoms with E-state index >= 15 is 0 Å². The molecule has 110 valence electrons. The number of fused-ring (bicyclic) bond motifs is 1. The lowest BCUT2D eigenvalue weighted by atomic mass is 9.55. The van der Waals surface area contributed by atoms with Gasteiger partial charge in [-0.05, 0) is 19.3 Å². The second-order valence-corrected chi connectivity index (χ2v) is 6.45. The Kier molecular flexibility index (Phi) is 4.85. The summed E-state index contributed by atoms with van der Waals surface area (Å²) >= 11 is 0. The fraction of sp³-hybridized carbons (Fsp3) is 0.933. The van der Waals surface area contributed by atoms with Crippen LogP contribution in [0.5, 0.6) is 0 Å². The minimum Gasteiger partial charge on any atom is -0.377 e. The summed E-state index contributed by atoms with van der Waals surface area (Å²) in [6.07, 6.45) is 4.41. The summed E-state index contributed by atoms with van der Waals surface area (Å²) in [5.41, 5.74) is 0.199. The van der Waals surface area contributed by atoms with E-state index in [0.29, 0.717) is 24.5 Å². The number of hydrogen-bond donors (Lipinski definition) is 2. The van der Waals surface area contributed by atoms with Gasteiger partial charge in [0.1, 0.15) is 0 Å². The summed E-state index contributed by atoms with van der Waals surface area (Å²) in [7, 11) is 0. The fourth-order valence-corrected chi connectivity index (χ4v) is 3.63. The lowest BCUT2D eigenvalue weighted by Crippen LogP contribution is -2.69. The maximum atomic E-state index is 11.6. The Labute approximate surface area is 116 Å². The predicted octanol–water partition coefficient (Wildman–Crippen LogP) is 1.70. The molecule has 1 aliphatic heterocycles. The topological polar surface area (TPSA) is 50.4 Å². The molecule has 3 atom stereocenters. The summed E-state index contributed by atoms with van der Waals surface area (Å²) in [6.45, 7) is 9.08. The van der Waals surface area contributed by atoms with E-state index in [1.54, 1.807) is 0 Å². The minimum atomic E-state index is 0.155. The van der Waals surface area contributed by atoms with Gasteiger partial charge >= 0.3 is 0 Å². The van der Waals surface area contributed by atoms with E-state index in [9.17, 15) is 4.79 Å². The monoisotopic (exact) mass is 268 g/mol. The van der Waals surface area contributed by atoms with Crippen molar-refractivity contribution in [2.24, 2.45) is 11.3 Å². The zero-order chi connectivity index (χ0) is 13.9. The van der Waals surface area contributed by atoms with Crippen LogP contribution in [0.3, 0.4) is 0 Å². The molecule has 0 spiro atoms. The Morgan fingerprint density at radius 2 is 2.16 bits per heavy atom. The number of carbonyl (C=O) groups is 1. The van der Waals surface area contributed by atoms with Crippen molar-refractivity contribution in [3.63, 3.8) is 0 Å². The molecule has 2 aliphatic rings. The van der Waals surface area contributed by atoms with E-state index in [4.69, 9.17) is 4.74 Å². The number of carbonyl (C=O) groups excluding carboxylic acids is 1. The van der Waals surface area contributed by atoms with Gasteiger partial charge in [-0.3, -0.25) is 4.79 Å². The molecule has 2 rings (SSSR count). The van der Waals surface area contributed by atoms with Crippen LogP contribution in [0.15, 0.2) is 0 Å². The van der Waals surface area contributed by atoms with Gasteiger partial charge in [-0.15, -0.1) is 0 Å². The van der Waals surface area contributed by atoms with Crippen molar-refractivity contribution in [1.82, 2.24) is 10.6 Å². The molecule has 2 fully saturated rings. The number of nitrogens with one attached hydrogen (secondary N) is 2. The fourth-order valence-electron chi connectivity index (χ4n) is 3.63. The highest BCUT2D eigenvalue weighted by atomic mass is 16.5. The van der Waals surface area contributed by atoms with E-state index in [1.165, 1.54) is 12.8 Å². The Morgan fingerprint density at radius 1 is 1.37 bits per heavy atom. The smallest absolute Gasteiger partial charge is 0.221 e.